The van der Waals surface area contributed by atoms with Gasteiger partial charge in [-0.3, -0.25) is 0 Å². The Morgan fingerprint density at radius 3 is 1.18 bits per heavy atom. The van der Waals surface area contributed by atoms with Crippen molar-refractivity contribution < 1.29 is 8.83 Å². The van der Waals surface area contributed by atoms with E-state index >= 15 is 0 Å². The maximum Gasteiger partial charge on any atom is 0.143 e. The lowest BCUT2D eigenvalue weighted by Gasteiger charge is -2.15. The first kappa shape index (κ1) is 59.6. The SMILES string of the molecule is Brc1cccc(-c2ccc3c4ccccc4c4ccccc4c3c2)c1.c1cc(-c2ccc3c4ccccc4c4ccccc4c3c2)cc(-n2c3ccccc3c3ccc4c5c6ccccc6oc5c5ccccc5c4c32)c1.c1ccc2c(c1)Cc1c-2ccc2c1c1ccccc1c1oc3ccccc3c21. The van der Waals surface area contributed by atoms with Crippen LogP contribution >= 0.6 is 15.9 Å². The van der Waals surface area contributed by atoms with E-state index in [1.165, 1.54) is 185 Å². The van der Waals surface area contributed by atoms with Crippen molar-refractivity contribution in [2.24, 2.45) is 0 Å². The van der Waals surface area contributed by atoms with Crippen LogP contribution in [0.5, 0.6) is 0 Å². The van der Waals surface area contributed by atoms with Gasteiger partial charge in [-0.05, 0) is 197 Å². The first-order valence-electron chi connectivity index (χ1n) is 36.1. The van der Waals surface area contributed by atoms with Gasteiger partial charge in [0.2, 0.25) is 0 Å². The van der Waals surface area contributed by atoms with Crippen molar-refractivity contribution in [2.75, 3.05) is 0 Å². The fraction of sp³-hybridized carbons (Fsp3) is 0.00990. The molecule has 1 aliphatic rings. The Kier molecular flexibility index (Phi) is 13.3. The maximum absolute atomic E-state index is 6.60. The second kappa shape index (κ2) is 23.5. The van der Waals surface area contributed by atoms with Crippen LogP contribution < -0.4 is 0 Å². The van der Waals surface area contributed by atoms with Crippen LogP contribution in [0.15, 0.2) is 365 Å². The summed E-state index contributed by atoms with van der Waals surface area (Å²) in [5.74, 6) is 0. The number of benzene rings is 20. The minimum atomic E-state index is 0.916. The first-order chi connectivity index (χ1) is 52.0. The molecule has 24 rings (SSSR count). The molecule has 0 atom stereocenters. The third-order valence-corrected chi connectivity index (χ3v) is 23.0. The standard InChI is InChI=1S/C50H29NO.C27H16O.C24H15Br/c1-2-16-35-33(14-1)34-15-3-4-17-36(34)44-29-31(24-25-37(35)44)30-12-11-13-32(28-30)51-45-22-9-7-18-38(45)40-26-27-43-47(49(40)51)39-19-5-6-20-41(39)50-48(43)42-21-8-10-23-46(42)52-50;1-2-8-17-16(7-1)15-23-18(17)13-14-22-25(23)19-9-3-4-10-20(19)27-26(22)21-11-5-6-12-24(21)28-27;25-18-7-5-6-16(14-18)17-12-13-23-21-10-2-1-8-19(21)20-9-3-4-11-22(20)24(23)15-17/h1-29H;1-14H,15H2;1-15H. The Hall–Kier alpha value is -13.1. The third kappa shape index (κ3) is 9.10. The molecule has 1 aliphatic carbocycles. The largest absolute Gasteiger partial charge is 0.455 e. The van der Waals surface area contributed by atoms with Crippen LogP contribution in [0.3, 0.4) is 0 Å². The molecule has 3 nitrogen and oxygen atoms in total. The first-order valence-corrected chi connectivity index (χ1v) is 36.9. The van der Waals surface area contributed by atoms with Crippen LogP contribution in [0.1, 0.15) is 11.1 Å². The quantitative estimate of drug-likeness (QED) is 0.165. The Bertz CT molecular complexity index is 7590. The van der Waals surface area contributed by atoms with E-state index in [1.807, 2.05) is 6.07 Å². The van der Waals surface area contributed by atoms with E-state index in [-0.39, 0.29) is 0 Å². The van der Waals surface area contributed by atoms with Crippen molar-refractivity contribution in [3.05, 3.63) is 367 Å². The van der Waals surface area contributed by atoms with E-state index in [1.54, 1.807) is 0 Å². The van der Waals surface area contributed by atoms with Crippen LogP contribution in [0, 0.1) is 0 Å². The predicted octanol–water partition coefficient (Wildman–Crippen LogP) is 29.2. The molecule has 0 saturated carbocycles. The van der Waals surface area contributed by atoms with Crippen molar-refractivity contribution in [1.29, 1.82) is 0 Å². The highest BCUT2D eigenvalue weighted by Crippen LogP contribution is 2.50. The Balaban J connectivity index is 0.000000109. The summed E-state index contributed by atoms with van der Waals surface area (Å²) < 4.78 is 16.5. The lowest BCUT2D eigenvalue weighted by atomic mass is 9.91. The summed E-state index contributed by atoms with van der Waals surface area (Å²) in [5.41, 5.74) is 17.9. The normalized spacial score (nSPS) is 12.2. The minimum absolute atomic E-state index is 0.916. The van der Waals surface area contributed by atoms with Crippen molar-refractivity contribution in [3.63, 3.8) is 0 Å². The molecule has 23 aromatic rings. The van der Waals surface area contributed by atoms with Gasteiger partial charge >= 0.3 is 0 Å². The van der Waals surface area contributed by atoms with Gasteiger partial charge in [-0.1, -0.05) is 313 Å². The van der Waals surface area contributed by atoms with Gasteiger partial charge in [0, 0.05) is 58.6 Å². The Labute approximate surface area is 611 Å². The number of para-hydroxylation sites is 3. The third-order valence-electron chi connectivity index (χ3n) is 22.5. The van der Waals surface area contributed by atoms with Gasteiger partial charge in [0.05, 0.1) is 11.0 Å². The molecule has 0 radical (unpaired) electrons. The lowest BCUT2D eigenvalue weighted by Crippen LogP contribution is -1.96. The molecule has 0 unspecified atom stereocenters. The molecule has 488 valence electrons. The van der Waals surface area contributed by atoms with Gasteiger partial charge in [0.1, 0.15) is 22.3 Å². The van der Waals surface area contributed by atoms with Gasteiger partial charge < -0.3 is 13.4 Å². The number of fused-ring (bicyclic) bond motifs is 36. The number of hydrogen-bond acceptors (Lipinski definition) is 2. The highest BCUT2D eigenvalue weighted by atomic mass is 79.9. The molecular weight excluding hydrogens is 1340 g/mol. The molecule has 0 aliphatic heterocycles. The fourth-order valence-electron chi connectivity index (χ4n) is 18.0. The van der Waals surface area contributed by atoms with Crippen LogP contribution in [0.2, 0.25) is 0 Å². The summed E-state index contributed by atoms with van der Waals surface area (Å²) in [6.07, 6.45) is 0.994. The second-order valence-electron chi connectivity index (χ2n) is 28.0. The van der Waals surface area contributed by atoms with Gasteiger partial charge in [-0.2, -0.15) is 0 Å². The molecule has 0 bridgehead atoms. The highest BCUT2D eigenvalue weighted by molar-refractivity contribution is 9.10. The van der Waals surface area contributed by atoms with E-state index < -0.39 is 0 Å². The van der Waals surface area contributed by atoms with Crippen LogP contribution in [-0.4, -0.2) is 4.57 Å². The predicted molar refractivity (Wildman–Crippen MR) is 450 cm³/mol. The summed E-state index contributed by atoms with van der Waals surface area (Å²) >= 11 is 3.58. The number of nitrogens with zero attached hydrogens (tertiary/aromatic N) is 1. The zero-order valence-electron chi connectivity index (χ0n) is 56.8. The maximum atomic E-state index is 6.60. The number of aromatic nitrogens is 1. The lowest BCUT2D eigenvalue weighted by molar-refractivity contribution is 0.672. The van der Waals surface area contributed by atoms with Crippen LogP contribution in [0.25, 0.3) is 212 Å². The molecule has 0 spiro atoms. The summed E-state index contributed by atoms with van der Waals surface area (Å²) in [4.78, 5) is 0. The summed E-state index contributed by atoms with van der Waals surface area (Å²) in [6.45, 7) is 0. The molecule has 0 fully saturated rings. The smallest absolute Gasteiger partial charge is 0.143 e. The van der Waals surface area contributed by atoms with Gasteiger partial charge in [0.25, 0.3) is 0 Å². The second-order valence-corrected chi connectivity index (χ2v) is 29.0. The van der Waals surface area contributed by atoms with Crippen LogP contribution in [-0.2, 0) is 6.42 Å². The average Bonchev–Trinajstić information content (AvgIpc) is 1.54. The monoisotopic (exact) mass is 1400 g/mol. The number of halogens is 1. The van der Waals surface area contributed by atoms with E-state index in [9.17, 15) is 0 Å². The van der Waals surface area contributed by atoms with Crippen molar-refractivity contribution in [1.82, 2.24) is 4.57 Å². The Morgan fingerprint density at radius 1 is 0.238 bits per heavy atom. The molecule has 0 saturated heterocycles. The van der Waals surface area contributed by atoms with Gasteiger partial charge in [-0.25, -0.2) is 0 Å². The van der Waals surface area contributed by atoms with E-state index in [2.05, 4.69) is 366 Å². The molecule has 0 amide bonds. The van der Waals surface area contributed by atoms with Crippen molar-refractivity contribution >= 4 is 189 Å². The topological polar surface area (TPSA) is 31.2 Å². The van der Waals surface area contributed by atoms with E-state index in [4.69, 9.17) is 8.83 Å². The van der Waals surface area contributed by atoms with Crippen molar-refractivity contribution in [3.8, 4) is 39.1 Å². The molecule has 3 aromatic heterocycles. The number of rotatable bonds is 3. The molecule has 20 aromatic carbocycles. The minimum Gasteiger partial charge on any atom is -0.455 e. The highest BCUT2D eigenvalue weighted by Gasteiger charge is 2.26. The number of furan rings is 2. The van der Waals surface area contributed by atoms with Crippen LogP contribution in [0.4, 0.5) is 0 Å². The molecule has 105 heavy (non-hydrogen) atoms. The fourth-order valence-corrected chi connectivity index (χ4v) is 18.4. The van der Waals surface area contributed by atoms with Gasteiger partial charge in [0.15, 0.2) is 0 Å². The zero-order valence-corrected chi connectivity index (χ0v) is 58.4. The molecule has 0 N–H and O–H groups in total. The zero-order chi connectivity index (χ0) is 69.0. The van der Waals surface area contributed by atoms with Crippen molar-refractivity contribution in [2.45, 2.75) is 6.42 Å². The summed E-state index contributed by atoms with van der Waals surface area (Å²) in [5, 5.41) is 32.8. The molecule has 3 heterocycles. The van der Waals surface area contributed by atoms with E-state index in [0.717, 1.165) is 49.7 Å². The number of hydrogen-bond donors (Lipinski definition) is 0. The Morgan fingerprint density at radius 2 is 0.629 bits per heavy atom. The molecular formula is C101H60BrNO2. The summed E-state index contributed by atoms with van der Waals surface area (Å²) in [6, 6.07) is 127. The van der Waals surface area contributed by atoms with Gasteiger partial charge in [-0.15, -0.1) is 0 Å². The van der Waals surface area contributed by atoms with E-state index in [0.29, 0.717) is 0 Å². The average molecular weight is 1400 g/mol. The summed E-state index contributed by atoms with van der Waals surface area (Å²) in [7, 11) is 0. The molecule has 4 heteroatoms.